The largest absolute Gasteiger partial charge is 0.377 e. The number of hydrogen-bond donors (Lipinski definition) is 1. The first kappa shape index (κ1) is 14.5. The summed E-state index contributed by atoms with van der Waals surface area (Å²) in [4.78, 5) is 16.1. The lowest BCUT2D eigenvalue weighted by Gasteiger charge is -2.10. The summed E-state index contributed by atoms with van der Waals surface area (Å²) in [7, 11) is 0. The summed E-state index contributed by atoms with van der Waals surface area (Å²) < 4.78 is 5.38. The molecular weight excluding hydrogens is 276 g/mol. The molecule has 0 saturated carbocycles. The van der Waals surface area contributed by atoms with E-state index in [1.807, 2.05) is 31.2 Å². The number of ether oxygens (including phenoxy) is 1. The Morgan fingerprint density at radius 3 is 2.80 bits per heavy atom. The highest BCUT2D eigenvalue weighted by Gasteiger charge is 2.10. The first-order chi connectivity index (χ1) is 9.70. The summed E-state index contributed by atoms with van der Waals surface area (Å²) in [6.07, 6.45) is 0. The van der Waals surface area contributed by atoms with Crippen molar-refractivity contribution in [2.45, 2.75) is 13.5 Å². The van der Waals surface area contributed by atoms with Crippen molar-refractivity contribution in [1.82, 2.24) is 4.98 Å². The monoisotopic (exact) mass is 290 g/mol. The fourth-order valence-corrected chi connectivity index (χ4v) is 1.87. The maximum Gasteiger partial charge on any atom is 0.274 e. The van der Waals surface area contributed by atoms with Crippen molar-refractivity contribution in [3.63, 3.8) is 0 Å². The molecule has 0 aliphatic carbocycles. The molecule has 0 unspecified atom stereocenters. The minimum atomic E-state index is -0.295. The van der Waals surface area contributed by atoms with Crippen LogP contribution >= 0.6 is 11.6 Å². The summed E-state index contributed by atoms with van der Waals surface area (Å²) in [5.41, 5.74) is 1.92. The van der Waals surface area contributed by atoms with Gasteiger partial charge in [0.2, 0.25) is 0 Å². The average Bonchev–Trinajstić information content (AvgIpc) is 2.46. The molecule has 1 heterocycles. The van der Waals surface area contributed by atoms with Crippen LogP contribution in [-0.4, -0.2) is 17.5 Å². The smallest absolute Gasteiger partial charge is 0.274 e. The van der Waals surface area contributed by atoms with Crippen molar-refractivity contribution in [3.05, 3.63) is 58.9 Å². The molecule has 2 aromatic rings. The number of para-hydroxylation sites is 1. The lowest BCUT2D eigenvalue weighted by atomic mass is 10.2. The molecule has 0 spiro atoms. The zero-order valence-electron chi connectivity index (χ0n) is 11.1. The summed E-state index contributed by atoms with van der Waals surface area (Å²) in [5, 5.41) is 3.11. The van der Waals surface area contributed by atoms with Gasteiger partial charge in [-0.1, -0.05) is 35.9 Å². The number of nitrogens with zero attached hydrogens (tertiary/aromatic N) is 1. The van der Waals surface area contributed by atoms with Gasteiger partial charge in [-0.15, -0.1) is 0 Å². The Hall–Kier alpha value is -1.91. The molecule has 4 nitrogen and oxygen atoms in total. The molecule has 2 rings (SSSR count). The Bertz CT molecular complexity index is 602. The summed E-state index contributed by atoms with van der Waals surface area (Å²) in [6.45, 7) is 3.01. The van der Waals surface area contributed by atoms with Crippen molar-refractivity contribution in [2.24, 2.45) is 0 Å². The van der Waals surface area contributed by atoms with E-state index in [1.165, 1.54) is 0 Å². The number of aromatic nitrogens is 1. The van der Waals surface area contributed by atoms with Crippen molar-refractivity contribution in [1.29, 1.82) is 0 Å². The summed E-state index contributed by atoms with van der Waals surface area (Å²) >= 11 is 5.78. The number of amides is 1. The molecule has 0 atom stereocenters. The fraction of sp³-hybridized carbons (Fsp3) is 0.200. The Morgan fingerprint density at radius 2 is 2.05 bits per heavy atom. The van der Waals surface area contributed by atoms with Crippen molar-refractivity contribution < 1.29 is 9.53 Å². The molecule has 1 amide bonds. The third-order valence-electron chi connectivity index (χ3n) is 2.68. The molecule has 104 valence electrons. The van der Waals surface area contributed by atoms with Crippen LogP contribution in [0.4, 0.5) is 5.69 Å². The van der Waals surface area contributed by atoms with Gasteiger partial charge in [-0.25, -0.2) is 4.98 Å². The number of halogens is 1. The van der Waals surface area contributed by atoms with Gasteiger partial charge in [0.1, 0.15) is 10.8 Å². The van der Waals surface area contributed by atoms with E-state index >= 15 is 0 Å². The van der Waals surface area contributed by atoms with E-state index in [2.05, 4.69) is 10.3 Å². The average molecular weight is 291 g/mol. The van der Waals surface area contributed by atoms with E-state index in [9.17, 15) is 4.79 Å². The van der Waals surface area contributed by atoms with Crippen LogP contribution in [-0.2, 0) is 11.3 Å². The Morgan fingerprint density at radius 1 is 1.25 bits per heavy atom. The Balaban J connectivity index is 2.15. The quantitative estimate of drug-likeness (QED) is 0.857. The van der Waals surface area contributed by atoms with Crippen LogP contribution in [0.15, 0.2) is 42.5 Å². The number of pyridine rings is 1. The molecule has 5 heteroatoms. The van der Waals surface area contributed by atoms with Crippen LogP contribution in [0.3, 0.4) is 0 Å². The number of anilines is 1. The maximum absolute atomic E-state index is 12.1. The van der Waals surface area contributed by atoms with Gasteiger partial charge in [0, 0.05) is 17.9 Å². The van der Waals surface area contributed by atoms with Crippen LogP contribution in [0.5, 0.6) is 0 Å². The van der Waals surface area contributed by atoms with Gasteiger partial charge >= 0.3 is 0 Å². The SMILES string of the molecule is CCOCc1ccccc1NC(=O)c1cccc(Cl)n1. The van der Waals surface area contributed by atoms with Crippen LogP contribution in [0.25, 0.3) is 0 Å². The van der Waals surface area contributed by atoms with Crippen LogP contribution in [0.2, 0.25) is 5.15 Å². The van der Waals surface area contributed by atoms with Crippen molar-refractivity contribution in [2.75, 3.05) is 11.9 Å². The van der Waals surface area contributed by atoms with Crippen LogP contribution < -0.4 is 5.32 Å². The van der Waals surface area contributed by atoms with Crippen molar-refractivity contribution >= 4 is 23.2 Å². The number of carbonyl (C=O) groups excluding carboxylic acids is 1. The second-order valence-corrected chi connectivity index (χ2v) is 4.48. The molecule has 20 heavy (non-hydrogen) atoms. The lowest BCUT2D eigenvalue weighted by molar-refractivity contribution is 0.102. The van der Waals surface area contributed by atoms with Gasteiger partial charge in [-0.3, -0.25) is 4.79 Å². The molecule has 1 N–H and O–H groups in total. The van der Waals surface area contributed by atoms with Gasteiger partial charge in [-0.05, 0) is 25.1 Å². The van der Waals surface area contributed by atoms with E-state index in [-0.39, 0.29) is 11.6 Å². The Labute approximate surface area is 122 Å². The van der Waals surface area contributed by atoms with Gasteiger partial charge in [0.15, 0.2) is 0 Å². The minimum Gasteiger partial charge on any atom is -0.377 e. The predicted molar refractivity (Wildman–Crippen MR) is 79.0 cm³/mol. The standard InChI is InChI=1S/C15H15ClN2O2/c1-2-20-10-11-6-3-4-7-12(11)18-15(19)13-8-5-9-14(16)17-13/h3-9H,2,10H2,1H3,(H,18,19). The lowest BCUT2D eigenvalue weighted by Crippen LogP contribution is -2.15. The first-order valence-corrected chi connectivity index (χ1v) is 6.68. The van der Waals surface area contributed by atoms with Gasteiger partial charge < -0.3 is 10.1 Å². The molecular formula is C15H15ClN2O2. The van der Waals surface area contributed by atoms with E-state index in [0.717, 1.165) is 5.56 Å². The number of benzene rings is 1. The molecule has 0 fully saturated rings. The summed E-state index contributed by atoms with van der Waals surface area (Å²) in [5.74, 6) is -0.295. The fourth-order valence-electron chi connectivity index (χ4n) is 1.70. The van der Waals surface area contributed by atoms with Gasteiger partial charge in [-0.2, -0.15) is 0 Å². The van der Waals surface area contributed by atoms with E-state index in [0.29, 0.717) is 24.1 Å². The molecule has 0 aliphatic rings. The molecule has 0 saturated heterocycles. The minimum absolute atomic E-state index is 0.281. The topological polar surface area (TPSA) is 51.2 Å². The third-order valence-corrected chi connectivity index (χ3v) is 2.89. The number of nitrogens with one attached hydrogen (secondary N) is 1. The second-order valence-electron chi connectivity index (χ2n) is 4.09. The first-order valence-electron chi connectivity index (χ1n) is 6.30. The molecule has 0 bridgehead atoms. The number of rotatable bonds is 5. The third kappa shape index (κ3) is 3.79. The normalized spacial score (nSPS) is 10.3. The predicted octanol–water partition coefficient (Wildman–Crippen LogP) is 3.52. The Kier molecular flexibility index (Phi) is 5.09. The summed E-state index contributed by atoms with van der Waals surface area (Å²) in [6, 6.07) is 12.4. The molecule has 0 aliphatic heterocycles. The van der Waals surface area contributed by atoms with Crippen molar-refractivity contribution in [3.8, 4) is 0 Å². The van der Waals surface area contributed by atoms with Crippen LogP contribution in [0.1, 0.15) is 23.0 Å². The zero-order valence-corrected chi connectivity index (χ0v) is 11.9. The second kappa shape index (κ2) is 7.03. The highest BCUT2D eigenvalue weighted by atomic mass is 35.5. The molecule has 1 aromatic heterocycles. The van der Waals surface area contributed by atoms with Crippen LogP contribution in [0, 0.1) is 0 Å². The maximum atomic E-state index is 12.1. The number of hydrogen-bond acceptors (Lipinski definition) is 3. The van der Waals surface area contributed by atoms with Gasteiger partial charge in [0.25, 0.3) is 5.91 Å². The van der Waals surface area contributed by atoms with Gasteiger partial charge in [0.05, 0.1) is 6.61 Å². The zero-order chi connectivity index (χ0) is 14.4. The number of carbonyl (C=O) groups is 1. The van der Waals surface area contributed by atoms with E-state index < -0.39 is 0 Å². The highest BCUT2D eigenvalue weighted by Crippen LogP contribution is 2.17. The van der Waals surface area contributed by atoms with E-state index in [4.69, 9.17) is 16.3 Å². The molecule has 1 aromatic carbocycles. The highest BCUT2D eigenvalue weighted by molar-refractivity contribution is 6.29. The molecule has 0 radical (unpaired) electrons. The van der Waals surface area contributed by atoms with E-state index in [1.54, 1.807) is 18.2 Å².